The van der Waals surface area contributed by atoms with Crippen LogP contribution < -0.4 is 9.47 Å². The van der Waals surface area contributed by atoms with Gasteiger partial charge in [0.05, 0.1) is 60.2 Å². The maximum atomic E-state index is 5.71. The molecule has 19 heteroatoms. The fourth-order valence-corrected chi connectivity index (χ4v) is 6.41. The average molecular weight is 599 g/mol. The van der Waals surface area contributed by atoms with Gasteiger partial charge in [-0.25, -0.2) is 29.9 Å². The van der Waals surface area contributed by atoms with Crippen LogP contribution in [-0.4, -0.2) is 80.3 Å². The number of hydrogen-bond donors (Lipinski definition) is 2. The van der Waals surface area contributed by atoms with E-state index in [2.05, 4.69) is 46.2 Å². The number of aromatic amines is 2. The SMILES string of the molecule is COc1ccc(OC)c2c3nc4nc(nc5[nH]c(nc6nc(nc([nH]3)c12)-c1nsnc1-6)c1nsnc51)-c1nsnc1-4. The molecule has 8 heterocycles. The number of fused-ring (bicyclic) bond motifs is 20. The number of rotatable bonds is 2. The summed E-state index contributed by atoms with van der Waals surface area (Å²) in [5.41, 5.74) is 4.78. The molecule has 0 unspecified atom stereocenters. The minimum atomic E-state index is 0.322. The number of methoxy groups -OCH3 is 2. The lowest BCUT2D eigenvalue weighted by atomic mass is 10.1. The van der Waals surface area contributed by atoms with Gasteiger partial charge in [0.25, 0.3) is 0 Å². The van der Waals surface area contributed by atoms with E-state index in [0.717, 1.165) is 35.2 Å². The van der Waals surface area contributed by atoms with Crippen LogP contribution in [0.1, 0.15) is 0 Å². The van der Waals surface area contributed by atoms with Gasteiger partial charge in [0, 0.05) is 0 Å². The molecule has 1 aromatic carbocycles. The van der Waals surface area contributed by atoms with Crippen molar-refractivity contribution in [1.82, 2.24) is 66.1 Å². The van der Waals surface area contributed by atoms with Crippen molar-refractivity contribution in [2.24, 2.45) is 0 Å². The van der Waals surface area contributed by atoms with Crippen molar-refractivity contribution in [1.29, 1.82) is 0 Å². The Bertz CT molecular complexity index is 2230. The second-order valence-electron chi connectivity index (χ2n) is 8.71. The number of benzene rings is 1. The molecule has 7 aromatic rings. The molecule has 198 valence electrons. The monoisotopic (exact) mass is 598 g/mol. The number of H-pyrrole nitrogens is 2. The van der Waals surface area contributed by atoms with Crippen molar-refractivity contribution in [3.05, 3.63) is 12.1 Å². The standard InChI is InChI=1S/C22H10N14O2S3/c1-37-5-3-4-6(38-2)8-7(5)15-23-16(8)25-18-10-12(34-40-32-10)20(27-18)29-22-14-13(35-41-36-14)21(30-22)28-19-11-9(31-39-33-11)17(24-15)26-19/h3-4,23H,1-2H3,(H,24,25,26,27,28,29,30). The summed E-state index contributed by atoms with van der Waals surface area (Å²) in [5, 5.41) is 1.28. The molecule has 0 radical (unpaired) electrons. The van der Waals surface area contributed by atoms with E-state index < -0.39 is 0 Å². The molecule has 41 heavy (non-hydrogen) atoms. The minimum absolute atomic E-state index is 0.322. The second-order valence-corrected chi connectivity index (χ2v) is 10.3. The van der Waals surface area contributed by atoms with E-state index in [9.17, 15) is 0 Å². The van der Waals surface area contributed by atoms with Gasteiger partial charge in [-0.15, -0.1) is 0 Å². The van der Waals surface area contributed by atoms with Crippen LogP contribution in [0.4, 0.5) is 0 Å². The van der Waals surface area contributed by atoms with Crippen LogP contribution in [0.15, 0.2) is 12.1 Å². The normalized spacial score (nSPS) is 12.1. The summed E-state index contributed by atoms with van der Waals surface area (Å²) >= 11 is 3.15. The number of aromatic nitrogens is 14. The van der Waals surface area contributed by atoms with Crippen molar-refractivity contribution in [2.75, 3.05) is 14.2 Å². The van der Waals surface area contributed by atoms with Gasteiger partial charge in [-0.1, -0.05) is 0 Å². The Morgan fingerprint density at radius 1 is 0.488 bits per heavy atom. The molecule has 9 rings (SSSR count). The predicted octanol–water partition coefficient (Wildman–Crippen LogP) is 3.44. The van der Waals surface area contributed by atoms with Gasteiger partial charge >= 0.3 is 0 Å². The van der Waals surface area contributed by atoms with Gasteiger partial charge in [-0.2, -0.15) is 26.2 Å². The fraction of sp³-hybridized carbons (Fsp3) is 0.0909. The molecule has 0 saturated carbocycles. The molecule has 0 amide bonds. The lowest BCUT2D eigenvalue weighted by Gasteiger charge is -2.06. The van der Waals surface area contributed by atoms with Gasteiger partial charge in [-0.05, 0) is 12.1 Å². The molecule has 6 aromatic heterocycles. The van der Waals surface area contributed by atoms with Crippen LogP contribution in [0.2, 0.25) is 0 Å². The molecule has 2 aliphatic heterocycles. The van der Waals surface area contributed by atoms with Crippen molar-refractivity contribution >= 4 is 79.6 Å². The maximum absolute atomic E-state index is 5.71. The molecule has 2 N–H and O–H groups in total. The van der Waals surface area contributed by atoms with Gasteiger partial charge in [0.1, 0.15) is 22.8 Å². The first-order chi connectivity index (χ1) is 20.2. The highest BCUT2D eigenvalue weighted by Crippen LogP contribution is 2.40. The van der Waals surface area contributed by atoms with E-state index in [-0.39, 0.29) is 0 Å². The molecular weight excluding hydrogens is 589 g/mol. The van der Waals surface area contributed by atoms with E-state index in [1.165, 1.54) is 0 Å². The molecule has 0 spiro atoms. The Balaban J connectivity index is 1.52. The van der Waals surface area contributed by atoms with Crippen LogP contribution in [0.5, 0.6) is 11.5 Å². The highest BCUT2D eigenvalue weighted by Gasteiger charge is 2.27. The lowest BCUT2D eigenvalue weighted by Crippen LogP contribution is -1.89. The average Bonchev–Trinajstić information content (AvgIpc) is 3.81. The van der Waals surface area contributed by atoms with Crippen LogP contribution in [0, 0.1) is 0 Å². The largest absolute Gasteiger partial charge is 0.496 e. The molecule has 0 atom stereocenters. The Kier molecular flexibility index (Phi) is 4.52. The third kappa shape index (κ3) is 3.12. The molecule has 0 fully saturated rings. The minimum Gasteiger partial charge on any atom is -0.496 e. The molecule has 8 bridgehead atoms. The van der Waals surface area contributed by atoms with Crippen LogP contribution in [0.3, 0.4) is 0 Å². The summed E-state index contributed by atoms with van der Waals surface area (Å²) in [7, 11) is 3.17. The number of hydrogen-bond acceptors (Lipinski definition) is 17. The molecule has 0 saturated heterocycles. The van der Waals surface area contributed by atoms with E-state index in [4.69, 9.17) is 29.4 Å². The summed E-state index contributed by atoms with van der Waals surface area (Å²) in [6.07, 6.45) is 0. The smallest absolute Gasteiger partial charge is 0.186 e. The van der Waals surface area contributed by atoms with E-state index in [1.807, 2.05) is 0 Å². The zero-order chi connectivity index (χ0) is 27.2. The summed E-state index contributed by atoms with van der Waals surface area (Å²) in [6, 6.07) is 3.60. The van der Waals surface area contributed by atoms with Gasteiger partial charge < -0.3 is 19.4 Å². The molecule has 2 aliphatic rings. The second kappa shape index (κ2) is 8.19. The molecule has 16 nitrogen and oxygen atoms in total. The van der Waals surface area contributed by atoms with Crippen LogP contribution >= 0.6 is 35.2 Å². The number of nitrogens with zero attached hydrogens (tertiary/aromatic N) is 12. The van der Waals surface area contributed by atoms with Crippen LogP contribution in [-0.2, 0) is 0 Å². The highest BCUT2D eigenvalue weighted by molar-refractivity contribution is 7.00. The van der Waals surface area contributed by atoms with Gasteiger partial charge in [-0.3, -0.25) is 0 Å². The van der Waals surface area contributed by atoms with Gasteiger partial charge in [0.2, 0.25) is 0 Å². The topological polar surface area (TPSA) is 205 Å². The fourth-order valence-electron chi connectivity index (χ4n) is 4.78. The van der Waals surface area contributed by atoms with Crippen molar-refractivity contribution in [3.8, 4) is 57.6 Å². The van der Waals surface area contributed by atoms with E-state index >= 15 is 0 Å². The lowest BCUT2D eigenvalue weighted by molar-refractivity contribution is 0.411. The Morgan fingerprint density at radius 2 is 0.854 bits per heavy atom. The first-order valence-electron chi connectivity index (χ1n) is 11.8. The van der Waals surface area contributed by atoms with Crippen molar-refractivity contribution in [2.45, 2.75) is 0 Å². The van der Waals surface area contributed by atoms with E-state index in [1.54, 1.807) is 26.4 Å². The molecule has 0 aliphatic carbocycles. The summed E-state index contributed by atoms with van der Waals surface area (Å²) in [5.74, 6) is 2.41. The maximum Gasteiger partial charge on any atom is 0.186 e. The van der Waals surface area contributed by atoms with E-state index in [0.29, 0.717) is 102 Å². The predicted molar refractivity (Wildman–Crippen MR) is 150 cm³/mol. The highest BCUT2D eigenvalue weighted by atomic mass is 32.1. The first kappa shape index (κ1) is 22.7. The zero-order valence-corrected chi connectivity index (χ0v) is 23.0. The zero-order valence-electron chi connectivity index (χ0n) is 20.6. The third-order valence-electron chi connectivity index (χ3n) is 6.57. The van der Waals surface area contributed by atoms with Crippen molar-refractivity contribution < 1.29 is 9.47 Å². The Labute approximate surface area is 238 Å². The summed E-state index contributed by atoms with van der Waals surface area (Å²) < 4.78 is 38.0. The summed E-state index contributed by atoms with van der Waals surface area (Å²) in [4.78, 5) is 35.1. The Hall–Kier alpha value is -5.14. The molecular formula is C22H10N14O2S3. The third-order valence-corrected chi connectivity index (χ3v) is 8.16. The number of ether oxygens (including phenoxy) is 2. The Morgan fingerprint density at radius 3 is 1.27 bits per heavy atom. The van der Waals surface area contributed by atoms with Crippen LogP contribution in [0.25, 0.3) is 90.5 Å². The van der Waals surface area contributed by atoms with Gasteiger partial charge in [0.15, 0.2) is 68.4 Å². The number of nitrogens with one attached hydrogen (secondary N) is 2. The van der Waals surface area contributed by atoms with Crippen molar-refractivity contribution in [3.63, 3.8) is 0 Å². The summed E-state index contributed by atoms with van der Waals surface area (Å²) in [6.45, 7) is 0. The quantitative estimate of drug-likeness (QED) is 0.292. The first-order valence-corrected chi connectivity index (χ1v) is 13.9.